The summed E-state index contributed by atoms with van der Waals surface area (Å²) in [6.45, 7) is 5.72. The van der Waals surface area contributed by atoms with E-state index < -0.39 is 46.5 Å². The molecule has 4 aliphatic rings. The molecule has 2 heterocycles. The van der Waals surface area contributed by atoms with Crippen LogP contribution in [0, 0.1) is 23.2 Å². The van der Waals surface area contributed by atoms with Crippen molar-refractivity contribution in [2.24, 2.45) is 23.2 Å². The van der Waals surface area contributed by atoms with Crippen molar-refractivity contribution in [3.8, 4) is 0 Å². The van der Waals surface area contributed by atoms with Crippen LogP contribution < -0.4 is 0 Å². The van der Waals surface area contributed by atoms with Gasteiger partial charge in [0, 0.05) is 18.3 Å². The van der Waals surface area contributed by atoms with Crippen molar-refractivity contribution in [1.29, 1.82) is 0 Å². The van der Waals surface area contributed by atoms with Gasteiger partial charge in [-0.3, -0.25) is 19.3 Å². The van der Waals surface area contributed by atoms with Gasteiger partial charge in [0.2, 0.25) is 0 Å². The molecule has 180 valence electrons. The van der Waals surface area contributed by atoms with E-state index in [0.717, 1.165) is 32.1 Å². The lowest BCUT2D eigenvalue weighted by molar-refractivity contribution is -0.365. The van der Waals surface area contributed by atoms with E-state index in [1.165, 1.54) is 19.4 Å². The first-order valence-electron chi connectivity index (χ1n) is 11.6. The average molecular weight is 454 g/mol. The Morgan fingerprint density at radius 3 is 2.16 bits per heavy atom. The highest BCUT2D eigenvalue weighted by atomic mass is 17.0. The third-order valence-corrected chi connectivity index (χ3v) is 7.70. The molecule has 1 spiro atoms. The summed E-state index contributed by atoms with van der Waals surface area (Å²) in [7, 11) is 2.61. The number of rotatable bonds is 4. The Kier molecular flexibility index (Phi) is 6.05. The summed E-state index contributed by atoms with van der Waals surface area (Å²) in [6, 6.07) is 0. The average Bonchev–Trinajstić information content (AvgIpc) is 3.37. The SMILES string of the molecule is COC(=O)C1(C(=O)OC)C[C@@H]2CON3O[C@@H](C(=O)OC(C)(C)C)C[C@@]23[C@H]1C1CCCCC1. The molecule has 9 heteroatoms. The number of hydrogen-bond donors (Lipinski definition) is 0. The fourth-order valence-electron chi connectivity index (χ4n) is 6.70. The maximum atomic E-state index is 13.3. The van der Waals surface area contributed by atoms with Gasteiger partial charge < -0.3 is 14.2 Å². The van der Waals surface area contributed by atoms with Gasteiger partial charge in [-0.25, -0.2) is 4.79 Å². The molecule has 0 radical (unpaired) electrons. The van der Waals surface area contributed by atoms with E-state index in [1.54, 1.807) is 20.8 Å². The summed E-state index contributed by atoms with van der Waals surface area (Å²) >= 11 is 0. The minimum absolute atomic E-state index is 0.0807. The summed E-state index contributed by atoms with van der Waals surface area (Å²) in [5.74, 6) is -2.18. The molecule has 0 bridgehead atoms. The molecule has 0 aromatic heterocycles. The minimum atomic E-state index is -1.45. The summed E-state index contributed by atoms with van der Waals surface area (Å²) < 4.78 is 16.0. The first-order valence-corrected chi connectivity index (χ1v) is 11.6. The normalized spacial score (nSPS) is 34.6. The van der Waals surface area contributed by atoms with E-state index in [-0.39, 0.29) is 18.3 Å². The van der Waals surface area contributed by atoms with Crippen LogP contribution in [0.1, 0.15) is 65.7 Å². The predicted octanol–water partition coefficient (Wildman–Crippen LogP) is 2.57. The van der Waals surface area contributed by atoms with Crippen LogP contribution in [0.4, 0.5) is 0 Å². The molecule has 0 unspecified atom stereocenters. The molecule has 2 aliphatic heterocycles. The van der Waals surface area contributed by atoms with Crippen LogP contribution in [0.15, 0.2) is 0 Å². The third-order valence-electron chi connectivity index (χ3n) is 7.70. The van der Waals surface area contributed by atoms with Crippen molar-refractivity contribution in [2.75, 3.05) is 20.8 Å². The molecular weight excluding hydrogens is 418 g/mol. The van der Waals surface area contributed by atoms with Crippen LogP contribution in [-0.4, -0.2) is 61.2 Å². The fourth-order valence-corrected chi connectivity index (χ4v) is 6.70. The number of hydrogen-bond acceptors (Lipinski definition) is 9. The Morgan fingerprint density at radius 1 is 0.969 bits per heavy atom. The number of carbonyl (C=O) groups excluding carboxylic acids is 3. The Labute approximate surface area is 188 Å². The van der Waals surface area contributed by atoms with Crippen molar-refractivity contribution >= 4 is 17.9 Å². The lowest BCUT2D eigenvalue weighted by Crippen LogP contribution is -2.56. The summed E-state index contributed by atoms with van der Waals surface area (Å²) in [4.78, 5) is 51.3. The van der Waals surface area contributed by atoms with Gasteiger partial charge >= 0.3 is 17.9 Å². The molecule has 0 aromatic rings. The molecule has 4 atom stereocenters. The first-order chi connectivity index (χ1) is 15.1. The number of ether oxygens (including phenoxy) is 3. The summed E-state index contributed by atoms with van der Waals surface area (Å²) in [6.07, 6.45) is 4.63. The number of methoxy groups -OCH3 is 2. The quantitative estimate of drug-likeness (QED) is 0.361. The van der Waals surface area contributed by atoms with Gasteiger partial charge in [-0.2, -0.15) is 0 Å². The van der Waals surface area contributed by atoms with Gasteiger partial charge in [-0.05, 0) is 33.1 Å². The standard InChI is InChI=1S/C23H35NO8/c1-21(2,3)31-18(25)16-12-23-15(13-30-24(23)32-16)11-22(19(26)28-4,20(27)29-5)17(23)14-9-7-6-8-10-14/h14-17H,6-13H2,1-5H3/t15-,16-,17+,23+/m1/s1. The molecule has 0 amide bonds. The molecule has 0 N–H and O–H groups in total. The fraction of sp³-hybridized carbons (Fsp3) is 0.870. The smallest absolute Gasteiger partial charge is 0.338 e. The second-order valence-corrected chi connectivity index (χ2v) is 10.6. The van der Waals surface area contributed by atoms with Crippen LogP contribution >= 0.6 is 0 Å². The van der Waals surface area contributed by atoms with Crippen LogP contribution in [0.25, 0.3) is 0 Å². The zero-order valence-electron chi connectivity index (χ0n) is 19.7. The first kappa shape index (κ1) is 23.4. The Bertz CT molecular complexity index is 754. The zero-order chi connectivity index (χ0) is 23.3. The predicted molar refractivity (Wildman–Crippen MR) is 110 cm³/mol. The van der Waals surface area contributed by atoms with E-state index in [4.69, 9.17) is 23.9 Å². The molecule has 2 saturated carbocycles. The van der Waals surface area contributed by atoms with Gasteiger partial charge in [0.15, 0.2) is 11.5 Å². The summed E-state index contributed by atoms with van der Waals surface area (Å²) in [5, 5.41) is 1.42. The van der Waals surface area contributed by atoms with Gasteiger partial charge in [-0.1, -0.05) is 37.3 Å². The number of carbonyl (C=O) groups is 3. The highest BCUT2D eigenvalue weighted by Crippen LogP contribution is 2.66. The molecule has 4 rings (SSSR count). The van der Waals surface area contributed by atoms with E-state index in [2.05, 4.69) is 0 Å². The molecule has 2 aliphatic carbocycles. The van der Waals surface area contributed by atoms with Crippen molar-refractivity contribution in [3.05, 3.63) is 0 Å². The van der Waals surface area contributed by atoms with Crippen molar-refractivity contribution in [1.82, 2.24) is 5.23 Å². The maximum Gasteiger partial charge on any atom is 0.338 e. The highest BCUT2D eigenvalue weighted by molar-refractivity contribution is 6.01. The minimum Gasteiger partial charge on any atom is -0.468 e. The van der Waals surface area contributed by atoms with Gasteiger partial charge in [0.25, 0.3) is 0 Å². The maximum absolute atomic E-state index is 13.3. The van der Waals surface area contributed by atoms with E-state index >= 15 is 0 Å². The Hall–Kier alpha value is -1.71. The second kappa shape index (κ2) is 8.25. The number of hydroxylamine groups is 2. The number of esters is 3. The highest BCUT2D eigenvalue weighted by Gasteiger charge is 2.78. The molecule has 2 saturated heterocycles. The molecule has 32 heavy (non-hydrogen) atoms. The monoisotopic (exact) mass is 453 g/mol. The van der Waals surface area contributed by atoms with Gasteiger partial charge in [0.1, 0.15) is 5.60 Å². The molecular formula is C23H35NO8. The number of nitrogens with zero attached hydrogens (tertiary/aromatic N) is 1. The zero-order valence-corrected chi connectivity index (χ0v) is 19.7. The van der Waals surface area contributed by atoms with Gasteiger partial charge in [0.05, 0.1) is 26.4 Å². The van der Waals surface area contributed by atoms with Crippen molar-refractivity contribution in [2.45, 2.75) is 83.0 Å². The topological polar surface area (TPSA) is 101 Å². The van der Waals surface area contributed by atoms with Crippen LogP contribution in [-0.2, 0) is 38.3 Å². The van der Waals surface area contributed by atoms with Crippen molar-refractivity contribution < 1.29 is 38.3 Å². The molecule has 9 nitrogen and oxygen atoms in total. The van der Waals surface area contributed by atoms with Crippen molar-refractivity contribution in [3.63, 3.8) is 0 Å². The Morgan fingerprint density at radius 2 is 1.59 bits per heavy atom. The van der Waals surface area contributed by atoms with Crippen LogP contribution in [0.3, 0.4) is 0 Å². The van der Waals surface area contributed by atoms with Gasteiger partial charge in [-0.15, -0.1) is 0 Å². The third kappa shape index (κ3) is 3.44. The molecule has 4 fully saturated rings. The Balaban J connectivity index is 1.78. The van der Waals surface area contributed by atoms with Crippen LogP contribution in [0.5, 0.6) is 0 Å². The van der Waals surface area contributed by atoms with E-state index in [1.807, 2.05) is 0 Å². The molecule has 0 aromatic carbocycles. The largest absolute Gasteiger partial charge is 0.468 e. The van der Waals surface area contributed by atoms with E-state index in [0.29, 0.717) is 13.0 Å². The van der Waals surface area contributed by atoms with E-state index in [9.17, 15) is 14.4 Å². The van der Waals surface area contributed by atoms with Crippen LogP contribution in [0.2, 0.25) is 0 Å². The lowest BCUT2D eigenvalue weighted by Gasteiger charge is -2.44. The summed E-state index contributed by atoms with van der Waals surface area (Å²) in [5.41, 5.74) is -2.91. The lowest BCUT2D eigenvalue weighted by atomic mass is 9.61. The second-order valence-electron chi connectivity index (χ2n) is 10.6.